The summed E-state index contributed by atoms with van der Waals surface area (Å²) in [5.41, 5.74) is 7.50. The molecule has 0 radical (unpaired) electrons. The highest BCUT2D eigenvalue weighted by atomic mass is 32.1. The summed E-state index contributed by atoms with van der Waals surface area (Å²) in [6, 6.07) is 0.000513. The maximum atomic E-state index is 8.68. The topological polar surface area (TPSA) is 78.0 Å². The van der Waals surface area contributed by atoms with Crippen LogP contribution in [0.25, 0.3) is 0 Å². The second-order valence-corrected chi connectivity index (χ2v) is 5.45. The Hall–Kier alpha value is -1.18. The largest absolute Gasteiger partial charge is 0.409 e. The van der Waals surface area contributed by atoms with E-state index in [1.54, 1.807) is 11.3 Å². The highest BCUT2D eigenvalue weighted by molar-refractivity contribution is 7.09. The van der Waals surface area contributed by atoms with E-state index in [9.17, 15) is 0 Å². The van der Waals surface area contributed by atoms with Crippen LogP contribution in [0.3, 0.4) is 0 Å². The molecule has 6 nitrogen and oxygen atoms in total. The summed E-state index contributed by atoms with van der Waals surface area (Å²) in [5.74, 6) is 0.283. The van der Waals surface area contributed by atoms with Crippen LogP contribution in [0.15, 0.2) is 16.9 Å². The zero-order valence-electron chi connectivity index (χ0n) is 10.5. The van der Waals surface area contributed by atoms with Gasteiger partial charge in [0.05, 0.1) is 11.6 Å². The second kappa shape index (κ2) is 6.12. The first-order valence-corrected chi connectivity index (χ1v) is 6.90. The molecule has 0 amide bonds. The number of hydrogen-bond donors (Lipinski definition) is 2. The number of oxime groups is 1. The Morgan fingerprint density at radius 1 is 1.56 bits per heavy atom. The molecular weight excluding hydrogens is 250 g/mol. The van der Waals surface area contributed by atoms with E-state index in [-0.39, 0.29) is 11.9 Å². The summed E-state index contributed by atoms with van der Waals surface area (Å²) in [5, 5.41) is 11.8. The van der Waals surface area contributed by atoms with Crippen molar-refractivity contribution in [1.82, 2.24) is 14.8 Å². The van der Waals surface area contributed by atoms with Crippen LogP contribution in [0.1, 0.15) is 11.8 Å². The van der Waals surface area contributed by atoms with Crippen LogP contribution < -0.4 is 5.73 Å². The maximum Gasteiger partial charge on any atom is 0.156 e. The van der Waals surface area contributed by atoms with Gasteiger partial charge in [-0.3, -0.25) is 14.8 Å². The van der Waals surface area contributed by atoms with E-state index in [0.717, 1.165) is 32.7 Å². The predicted octanol–water partition coefficient (Wildman–Crippen LogP) is 0.396. The first-order chi connectivity index (χ1) is 8.70. The number of nitrogens with two attached hydrogens (primary N) is 1. The van der Waals surface area contributed by atoms with E-state index in [1.807, 2.05) is 18.6 Å². The zero-order chi connectivity index (χ0) is 13.0. The monoisotopic (exact) mass is 269 g/mol. The molecule has 0 bridgehead atoms. The van der Waals surface area contributed by atoms with Gasteiger partial charge in [0.15, 0.2) is 5.84 Å². The normalized spacial score (nSPS) is 21.1. The average molecular weight is 269 g/mol. The van der Waals surface area contributed by atoms with Crippen LogP contribution in [0.2, 0.25) is 0 Å². The van der Waals surface area contributed by atoms with E-state index in [4.69, 9.17) is 10.9 Å². The molecule has 0 aromatic carbocycles. The van der Waals surface area contributed by atoms with Crippen LogP contribution in [0, 0.1) is 0 Å². The number of hydrogen-bond acceptors (Lipinski definition) is 6. The minimum absolute atomic E-state index is 0.000513. The summed E-state index contributed by atoms with van der Waals surface area (Å²) >= 11 is 1.69. The molecule has 1 aromatic rings. The third-order valence-corrected chi connectivity index (χ3v) is 4.13. The Bertz CT molecular complexity index is 386. The fourth-order valence-electron chi connectivity index (χ4n) is 2.12. The van der Waals surface area contributed by atoms with Crippen LogP contribution in [-0.4, -0.2) is 58.0 Å². The molecule has 0 aliphatic carbocycles. The van der Waals surface area contributed by atoms with Gasteiger partial charge in [0, 0.05) is 43.8 Å². The van der Waals surface area contributed by atoms with E-state index < -0.39 is 0 Å². The number of aromatic nitrogens is 1. The fourth-order valence-corrected chi connectivity index (χ4v) is 2.76. The molecule has 18 heavy (non-hydrogen) atoms. The van der Waals surface area contributed by atoms with E-state index >= 15 is 0 Å². The highest BCUT2D eigenvalue weighted by Crippen LogP contribution is 2.13. The Morgan fingerprint density at radius 3 is 2.83 bits per heavy atom. The Labute approximate surface area is 111 Å². The fraction of sp³-hybridized carbons (Fsp3) is 0.636. The smallest absolute Gasteiger partial charge is 0.156 e. The molecule has 1 saturated heterocycles. The molecule has 7 heteroatoms. The van der Waals surface area contributed by atoms with Crippen molar-refractivity contribution in [3.63, 3.8) is 0 Å². The van der Waals surface area contributed by atoms with E-state index in [2.05, 4.69) is 19.9 Å². The number of thiazole rings is 1. The van der Waals surface area contributed by atoms with Gasteiger partial charge in [-0.1, -0.05) is 5.16 Å². The van der Waals surface area contributed by atoms with Crippen molar-refractivity contribution in [2.75, 3.05) is 26.2 Å². The van der Waals surface area contributed by atoms with Gasteiger partial charge in [-0.15, -0.1) is 11.3 Å². The first-order valence-electron chi connectivity index (χ1n) is 6.02. The number of nitrogens with zero attached hydrogens (tertiary/aromatic N) is 4. The van der Waals surface area contributed by atoms with Crippen molar-refractivity contribution in [3.05, 3.63) is 16.6 Å². The number of amidine groups is 1. The lowest BCUT2D eigenvalue weighted by Gasteiger charge is -2.37. The number of piperazine rings is 1. The standard InChI is InChI=1S/C11H19N5OS/c1-9(11(12)14-17)16-4-2-15(3-5-16)7-10-6-13-8-18-10/h6,8-9,17H,2-5,7H2,1H3,(H2,12,14). The molecule has 0 saturated carbocycles. The summed E-state index contributed by atoms with van der Waals surface area (Å²) in [7, 11) is 0. The summed E-state index contributed by atoms with van der Waals surface area (Å²) < 4.78 is 0. The SMILES string of the molecule is CC(C(N)=NO)N1CCN(Cc2cncs2)CC1. The average Bonchev–Trinajstić information content (AvgIpc) is 2.91. The molecule has 1 aliphatic rings. The second-order valence-electron chi connectivity index (χ2n) is 4.48. The Morgan fingerprint density at radius 2 is 2.28 bits per heavy atom. The molecule has 1 unspecified atom stereocenters. The van der Waals surface area contributed by atoms with Crippen molar-refractivity contribution < 1.29 is 5.21 Å². The molecule has 1 atom stereocenters. The lowest BCUT2D eigenvalue weighted by atomic mass is 10.2. The van der Waals surface area contributed by atoms with Gasteiger partial charge >= 0.3 is 0 Å². The number of rotatable bonds is 4. The van der Waals surface area contributed by atoms with Gasteiger partial charge < -0.3 is 10.9 Å². The third-order valence-electron chi connectivity index (χ3n) is 3.36. The van der Waals surface area contributed by atoms with Gasteiger partial charge in [-0.2, -0.15) is 0 Å². The van der Waals surface area contributed by atoms with Crippen molar-refractivity contribution in [2.45, 2.75) is 19.5 Å². The van der Waals surface area contributed by atoms with Gasteiger partial charge in [0.1, 0.15) is 0 Å². The van der Waals surface area contributed by atoms with Crippen molar-refractivity contribution in [1.29, 1.82) is 0 Å². The van der Waals surface area contributed by atoms with Crippen molar-refractivity contribution in [3.8, 4) is 0 Å². The van der Waals surface area contributed by atoms with Crippen molar-refractivity contribution in [2.24, 2.45) is 10.9 Å². The minimum atomic E-state index is 0.000513. The van der Waals surface area contributed by atoms with Gasteiger partial charge in [0.2, 0.25) is 0 Å². The third kappa shape index (κ3) is 3.18. The summed E-state index contributed by atoms with van der Waals surface area (Å²) in [6.45, 7) is 6.82. The quantitative estimate of drug-likeness (QED) is 0.358. The van der Waals surface area contributed by atoms with Crippen molar-refractivity contribution >= 4 is 17.2 Å². The molecule has 2 heterocycles. The lowest BCUT2D eigenvalue weighted by Crippen LogP contribution is -2.52. The van der Waals surface area contributed by atoms with Crippen LogP contribution in [0.5, 0.6) is 0 Å². The molecule has 1 aromatic heterocycles. The Kier molecular flexibility index (Phi) is 4.51. The summed E-state index contributed by atoms with van der Waals surface area (Å²) in [6.07, 6.45) is 1.93. The van der Waals surface area contributed by atoms with Gasteiger partial charge in [-0.05, 0) is 6.92 Å². The Balaban J connectivity index is 1.81. The maximum absolute atomic E-state index is 8.68. The van der Waals surface area contributed by atoms with E-state index in [0.29, 0.717) is 0 Å². The van der Waals surface area contributed by atoms with Crippen LogP contribution >= 0.6 is 11.3 Å². The lowest BCUT2D eigenvalue weighted by molar-refractivity contribution is 0.116. The zero-order valence-corrected chi connectivity index (χ0v) is 11.3. The molecular formula is C11H19N5OS. The molecule has 100 valence electrons. The van der Waals surface area contributed by atoms with Crippen LogP contribution in [-0.2, 0) is 6.54 Å². The molecule has 2 rings (SSSR count). The first kappa shape index (κ1) is 13.3. The predicted molar refractivity (Wildman–Crippen MR) is 71.8 cm³/mol. The van der Waals surface area contributed by atoms with Crippen LogP contribution in [0.4, 0.5) is 0 Å². The summed E-state index contributed by atoms with van der Waals surface area (Å²) in [4.78, 5) is 10.0. The highest BCUT2D eigenvalue weighted by Gasteiger charge is 2.23. The molecule has 3 N–H and O–H groups in total. The van der Waals surface area contributed by atoms with E-state index in [1.165, 1.54) is 4.88 Å². The molecule has 1 fully saturated rings. The minimum Gasteiger partial charge on any atom is -0.409 e. The molecule has 0 spiro atoms. The van der Waals surface area contributed by atoms with Gasteiger partial charge in [-0.25, -0.2) is 0 Å². The molecule has 1 aliphatic heterocycles. The van der Waals surface area contributed by atoms with Gasteiger partial charge in [0.25, 0.3) is 0 Å².